The van der Waals surface area contributed by atoms with E-state index in [4.69, 9.17) is 21.0 Å². The number of hydrogen-bond acceptors (Lipinski definition) is 6. The van der Waals surface area contributed by atoms with Crippen molar-refractivity contribution in [3.05, 3.63) is 41.1 Å². The molecule has 1 aliphatic carbocycles. The van der Waals surface area contributed by atoms with Crippen LogP contribution in [0, 0.1) is 23.2 Å². The maximum atomic E-state index is 11.4. The van der Waals surface area contributed by atoms with Gasteiger partial charge >= 0.3 is 0 Å². The molecule has 198 valence electrons. The molecule has 0 aromatic carbocycles. The van der Waals surface area contributed by atoms with Crippen LogP contribution in [0.4, 0.5) is 0 Å². The monoisotopic (exact) mass is 539 g/mol. The molecule has 0 aliphatic heterocycles. The van der Waals surface area contributed by atoms with Crippen molar-refractivity contribution in [2.24, 2.45) is 11.8 Å². The first-order valence-corrected chi connectivity index (χ1v) is 16.4. The molecule has 37 heavy (non-hydrogen) atoms. The van der Waals surface area contributed by atoms with Crippen LogP contribution in [0.5, 0.6) is 0 Å². The standard InChI is InChI=1S/C28H38ClN5O2Si/c1-18-7-9-19(10-8-18)16-34-26-23(33-27(34)24(35)17-36-37(5,6)28(2,3)4)12-22(13-30)32-25(26)20-11-21(29)15-31-14-20/h11-12,14-15,18-19,24,35H,7-10,16-17H2,1-6H3. The molecule has 1 aliphatic rings. The number of aliphatic hydroxyl groups excluding tert-OH is 1. The topological polar surface area (TPSA) is 96.8 Å². The molecule has 1 unspecified atom stereocenters. The van der Waals surface area contributed by atoms with Crippen LogP contribution in [0.2, 0.25) is 23.2 Å². The molecule has 0 amide bonds. The van der Waals surface area contributed by atoms with Crippen molar-refractivity contribution >= 4 is 31.0 Å². The quantitative estimate of drug-likeness (QED) is 0.328. The molecule has 0 saturated heterocycles. The van der Waals surface area contributed by atoms with Crippen LogP contribution in [0.25, 0.3) is 22.3 Å². The number of rotatable bonds is 7. The lowest BCUT2D eigenvalue weighted by Gasteiger charge is -2.36. The molecule has 1 atom stereocenters. The van der Waals surface area contributed by atoms with Gasteiger partial charge in [-0.15, -0.1) is 0 Å². The third kappa shape index (κ3) is 6.06. The fourth-order valence-corrected chi connectivity index (χ4v) is 5.94. The van der Waals surface area contributed by atoms with Crippen molar-refractivity contribution in [2.75, 3.05) is 6.61 Å². The van der Waals surface area contributed by atoms with E-state index in [2.05, 4.69) is 61.4 Å². The van der Waals surface area contributed by atoms with Gasteiger partial charge in [0.15, 0.2) is 8.32 Å². The van der Waals surface area contributed by atoms with E-state index in [1.54, 1.807) is 24.5 Å². The molecule has 0 bridgehead atoms. The summed E-state index contributed by atoms with van der Waals surface area (Å²) in [4.78, 5) is 13.8. The summed E-state index contributed by atoms with van der Waals surface area (Å²) < 4.78 is 8.49. The maximum absolute atomic E-state index is 11.4. The molecule has 1 saturated carbocycles. The Bertz CT molecular complexity index is 1300. The summed E-state index contributed by atoms with van der Waals surface area (Å²) >= 11 is 6.27. The van der Waals surface area contributed by atoms with Crippen molar-refractivity contribution in [1.82, 2.24) is 19.5 Å². The third-order valence-electron chi connectivity index (χ3n) is 8.13. The van der Waals surface area contributed by atoms with Crippen LogP contribution in [0.3, 0.4) is 0 Å². The van der Waals surface area contributed by atoms with E-state index >= 15 is 0 Å². The van der Waals surface area contributed by atoms with Gasteiger partial charge in [0.2, 0.25) is 0 Å². The Kier molecular flexibility index (Phi) is 8.10. The Morgan fingerprint density at radius 2 is 1.89 bits per heavy atom. The molecule has 4 rings (SSSR count). The molecule has 0 radical (unpaired) electrons. The number of nitrogens with zero attached hydrogens (tertiary/aromatic N) is 5. The summed E-state index contributed by atoms with van der Waals surface area (Å²) in [6.07, 6.45) is 7.04. The van der Waals surface area contributed by atoms with Gasteiger partial charge in [0.25, 0.3) is 0 Å². The minimum absolute atomic E-state index is 0.0318. The zero-order valence-electron chi connectivity index (χ0n) is 22.8. The highest BCUT2D eigenvalue weighted by molar-refractivity contribution is 6.74. The second-order valence-corrected chi connectivity index (χ2v) is 17.3. The largest absolute Gasteiger partial charge is 0.414 e. The molecular weight excluding hydrogens is 502 g/mol. The number of aromatic nitrogens is 4. The lowest BCUT2D eigenvalue weighted by Crippen LogP contribution is -2.41. The fourth-order valence-electron chi connectivity index (χ4n) is 4.76. The molecule has 9 heteroatoms. The normalized spacial score (nSPS) is 19.6. The molecule has 3 heterocycles. The van der Waals surface area contributed by atoms with E-state index in [1.807, 2.05) is 0 Å². The average molecular weight is 540 g/mol. The van der Waals surface area contributed by atoms with Crippen LogP contribution in [-0.2, 0) is 11.0 Å². The van der Waals surface area contributed by atoms with Crippen LogP contribution in [-0.4, -0.2) is 39.5 Å². The zero-order chi connectivity index (χ0) is 27.0. The van der Waals surface area contributed by atoms with Gasteiger partial charge in [-0.2, -0.15) is 5.26 Å². The smallest absolute Gasteiger partial charge is 0.192 e. The average Bonchev–Trinajstić information content (AvgIpc) is 3.20. The van der Waals surface area contributed by atoms with Crippen LogP contribution < -0.4 is 0 Å². The number of imidazole rings is 1. The highest BCUT2D eigenvalue weighted by atomic mass is 35.5. The van der Waals surface area contributed by atoms with Gasteiger partial charge in [-0.05, 0) is 48.9 Å². The summed E-state index contributed by atoms with van der Waals surface area (Å²) in [7, 11) is -2.07. The fraction of sp³-hybridized carbons (Fsp3) is 0.571. The lowest BCUT2D eigenvalue weighted by molar-refractivity contribution is 0.0893. The van der Waals surface area contributed by atoms with Gasteiger partial charge in [0.1, 0.15) is 23.7 Å². The molecule has 1 N–H and O–H groups in total. The zero-order valence-corrected chi connectivity index (χ0v) is 24.5. The summed E-state index contributed by atoms with van der Waals surface area (Å²) in [5.41, 5.74) is 3.00. The number of fused-ring (bicyclic) bond motifs is 1. The van der Waals surface area contributed by atoms with Gasteiger partial charge in [-0.25, -0.2) is 9.97 Å². The summed E-state index contributed by atoms with van der Waals surface area (Å²) in [5.74, 6) is 1.77. The van der Waals surface area contributed by atoms with E-state index in [9.17, 15) is 10.4 Å². The number of nitriles is 1. The third-order valence-corrected chi connectivity index (χ3v) is 12.8. The summed E-state index contributed by atoms with van der Waals surface area (Å²) in [6, 6.07) is 5.65. The predicted molar refractivity (Wildman–Crippen MR) is 150 cm³/mol. The highest BCUT2D eigenvalue weighted by Crippen LogP contribution is 2.38. The summed E-state index contributed by atoms with van der Waals surface area (Å²) in [6.45, 7) is 14.1. The van der Waals surface area contributed by atoms with Gasteiger partial charge in [0, 0.05) is 30.6 Å². The first-order valence-electron chi connectivity index (χ1n) is 13.1. The Labute approximate surface area is 226 Å². The molecule has 0 spiro atoms. The first-order chi connectivity index (χ1) is 17.4. The van der Waals surface area contributed by atoms with Crippen molar-refractivity contribution in [3.8, 4) is 17.3 Å². The van der Waals surface area contributed by atoms with E-state index in [1.165, 1.54) is 12.8 Å². The number of hydrogen-bond donors (Lipinski definition) is 1. The van der Waals surface area contributed by atoms with Crippen LogP contribution in [0.15, 0.2) is 24.5 Å². The molecule has 3 aromatic rings. The highest BCUT2D eigenvalue weighted by Gasteiger charge is 2.38. The van der Waals surface area contributed by atoms with E-state index in [0.29, 0.717) is 33.5 Å². The van der Waals surface area contributed by atoms with Crippen LogP contribution in [0.1, 0.15) is 71.0 Å². The second kappa shape index (κ2) is 10.8. The van der Waals surface area contributed by atoms with Crippen LogP contribution >= 0.6 is 11.6 Å². The van der Waals surface area contributed by atoms with Crippen molar-refractivity contribution in [3.63, 3.8) is 0 Å². The molecule has 3 aromatic heterocycles. The number of halogens is 1. The Morgan fingerprint density at radius 3 is 2.51 bits per heavy atom. The Balaban J connectivity index is 1.82. The maximum Gasteiger partial charge on any atom is 0.192 e. The van der Waals surface area contributed by atoms with Crippen molar-refractivity contribution in [1.29, 1.82) is 5.26 Å². The van der Waals surface area contributed by atoms with Gasteiger partial charge < -0.3 is 14.1 Å². The predicted octanol–water partition coefficient (Wildman–Crippen LogP) is 6.90. The van der Waals surface area contributed by atoms with E-state index in [-0.39, 0.29) is 17.3 Å². The Hall–Kier alpha value is -2.31. The molecule has 1 fully saturated rings. The summed E-state index contributed by atoms with van der Waals surface area (Å²) in [5, 5.41) is 21.6. The van der Waals surface area contributed by atoms with Gasteiger partial charge in [-0.3, -0.25) is 4.98 Å². The first kappa shape index (κ1) is 27.7. The lowest BCUT2D eigenvalue weighted by atomic mass is 9.83. The number of pyridine rings is 2. The van der Waals surface area contributed by atoms with Crippen molar-refractivity contribution < 1.29 is 9.53 Å². The molecular formula is C28H38ClN5O2Si. The van der Waals surface area contributed by atoms with Gasteiger partial charge in [0.05, 0.1) is 28.4 Å². The second-order valence-electron chi connectivity index (χ2n) is 12.0. The number of aliphatic hydroxyl groups is 1. The Morgan fingerprint density at radius 1 is 1.19 bits per heavy atom. The van der Waals surface area contributed by atoms with E-state index in [0.717, 1.165) is 30.8 Å². The minimum atomic E-state index is -2.07. The van der Waals surface area contributed by atoms with E-state index < -0.39 is 14.4 Å². The van der Waals surface area contributed by atoms with Gasteiger partial charge in [-0.1, -0.05) is 52.1 Å². The minimum Gasteiger partial charge on any atom is -0.414 e. The van der Waals surface area contributed by atoms with Crippen molar-refractivity contribution in [2.45, 2.75) is 84.2 Å². The SMILES string of the molecule is CC1CCC(Cn2c(C(O)CO[Si](C)(C)C(C)(C)C)nc3cc(C#N)nc(-c4cncc(Cl)c4)c32)CC1. The molecule has 7 nitrogen and oxygen atoms in total.